The Balaban J connectivity index is 2.13. The number of anilines is 1. The van der Waals surface area contributed by atoms with Crippen molar-refractivity contribution in [2.24, 2.45) is 7.05 Å². The number of aromatic hydroxyl groups is 1. The molecule has 0 saturated carbocycles. The Bertz CT molecular complexity index is 1120. The predicted octanol–water partition coefficient (Wildman–Crippen LogP) is 2.70. The minimum Gasteiger partial charge on any atom is -0.506 e. The van der Waals surface area contributed by atoms with Crippen LogP contribution in [0.25, 0.3) is 10.9 Å². The van der Waals surface area contributed by atoms with E-state index in [0.29, 0.717) is 21.5 Å². The third kappa shape index (κ3) is 3.59. The maximum absolute atomic E-state index is 13.0. The zero-order valence-corrected chi connectivity index (χ0v) is 16.1. The van der Waals surface area contributed by atoms with Crippen LogP contribution in [0.15, 0.2) is 58.2 Å². The first-order chi connectivity index (χ1) is 13.3. The van der Waals surface area contributed by atoms with Gasteiger partial charge in [0.05, 0.1) is 11.3 Å². The van der Waals surface area contributed by atoms with E-state index in [0.717, 1.165) is 11.8 Å². The maximum atomic E-state index is 13.0. The molecule has 3 rings (SSSR count). The number of aryl methyl sites for hydroxylation is 1. The lowest BCUT2D eigenvalue weighted by atomic mass is 10.1. The molecule has 8 heteroatoms. The smallest absolute Gasteiger partial charge is 0.313 e. The minimum absolute atomic E-state index is 0.138. The van der Waals surface area contributed by atoms with Gasteiger partial charge in [0.1, 0.15) is 11.3 Å². The van der Waals surface area contributed by atoms with Crippen molar-refractivity contribution < 1.29 is 19.8 Å². The Labute approximate surface area is 164 Å². The number of aliphatic carboxylic acids is 1. The van der Waals surface area contributed by atoms with Crippen molar-refractivity contribution >= 4 is 40.2 Å². The number of hydrogen-bond donors (Lipinski definition) is 2. The van der Waals surface area contributed by atoms with Crippen LogP contribution in [0.1, 0.15) is 10.4 Å². The minimum atomic E-state index is -0.963. The van der Waals surface area contributed by atoms with Gasteiger partial charge in [-0.15, -0.1) is 11.8 Å². The van der Waals surface area contributed by atoms with Gasteiger partial charge in [0.25, 0.3) is 11.5 Å². The van der Waals surface area contributed by atoms with E-state index in [4.69, 9.17) is 5.11 Å². The number of thioether (sulfide) groups is 1. The van der Waals surface area contributed by atoms with E-state index in [9.17, 15) is 19.5 Å². The van der Waals surface area contributed by atoms with Gasteiger partial charge in [0, 0.05) is 30.1 Å². The van der Waals surface area contributed by atoms with Crippen molar-refractivity contribution in [3.05, 3.63) is 64.4 Å². The normalized spacial score (nSPS) is 10.8. The van der Waals surface area contributed by atoms with Gasteiger partial charge in [0.15, 0.2) is 0 Å². The number of carbonyl (C=O) groups excluding carboxylic acids is 1. The van der Waals surface area contributed by atoms with Crippen LogP contribution in [0, 0.1) is 0 Å². The van der Waals surface area contributed by atoms with Gasteiger partial charge in [0.2, 0.25) is 0 Å². The second kappa shape index (κ2) is 7.77. The highest BCUT2D eigenvalue weighted by Gasteiger charge is 2.24. The molecule has 0 aliphatic rings. The fraction of sp³-hybridized carbons (Fsp3) is 0.150. The van der Waals surface area contributed by atoms with Crippen LogP contribution < -0.4 is 10.5 Å². The number of pyridine rings is 1. The van der Waals surface area contributed by atoms with Crippen molar-refractivity contribution in [1.29, 1.82) is 0 Å². The average molecular weight is 398 g/mol. The number of aromatic nitrogens is 1. The van der Waals surface area contributed by atoms with E-state index >= 15 is 0 Å². The number of amides is 1. The van der Waals surface area contributed by atoms with Gasteiger partial charge in [-0.25, -0.2) is 0 Å². The second-order valence-corrected chi connectivity index (χ2v) is 7.20. The molecule has 144 valence electrons. The Morgan fingerprint density at radius 3 is 2.46 bits per heavy atom. The van der Waals surface area contributed by atoms with E-state index in [-0.39, 0.29) is 11.3 Å². The lowest BCUT2D eigenvalue weighted by molar-refractivity contribution is -0.133. The van der Waals surface area contributed by atoms with Crippen LogP contribution in [-0.4, -0.2) is 39.5 Å². The number of carboxylic acids is 1. The topological polar surface area (TPSA) is 99.8 Å². The standard InChI is InChI=1S/C20H18N2O5S/c1-21(12-6-4-3-5-7-12)19(26)17-18(25)14-10-13(28-11-16(23)24)8-9-15(14)22(2)20(17)27/h3-10,25H,11H2,1-2H3,(H,23,24). The molecule has 0 radical (unpaired) electrons. The summed E-state index contributed by atoms with van der Waals surface area (Å²) in [6.07, 6.45) is 0. The molecule has 3 aromatic rings. The second-order valence-electron chi connectivity index (χ2n) is 6.15. The molecule has 28 heavy (non-hydrogen) atoms. The first-order valence-electron chi connectivity index (χ1n) is 8.34. The molecule has 1 amide bonds. The number of fused-ring (bicyclic) bond motifs is 1. The summed E-state index contributed by atoms with van der Waals surface area (Å²) in [7, 11) is 3.05. The zero-order chi connectivity index (χ0) is 20.4. The van der Waals surface area contributed by atoms with Crippen molar-refractivity contribution in [1.82, 2.24) is 4.57 Å². The molecule has 0 aliphatic carbocycles. The summed E-state index contributed by atoms with van der Waals surface area (Å²) in [6, 6.07) is 13.7. The number of rotatable bonds is 5. The van der Waals surface area contributed by atoms with E-state index < -0.39 is 23.2 Å². The molecule has 0 bridgehead atoms. The Kier molecular flexibility index (Phi) is 5.41. The lowest BCUT2D eigenvalue weighted by Gasteiger charge is -2.19. The fourth-order valence-electron chi connectivity index (χ4n) is 2.87. The van der Waals surface area contributed by atoms with Crippen LogP contribution >= 0.6 is 11.8 Å². The third-order valence-corrected chi connectivity index (χ3v) is 5.34. The molecule has 0 unspecified atom stereocenters. The van der Waals surface area contributed by atoms with Crippen LogP contribution in [0.2, 0.25) is 0 Å². The monoisotopic (exact) mass is 398 g/mol. The average Bonchev–Trinajstić information content (AvgIpc) is 2.70. The molecule has 1 heterocycles. The SMILES string of the molecule is CN(C(=O)c1c(O)c2cc(SCC(=O)O)ccc2n(C)c1=O)c1ccccc1. The van der Waals surface area contributed by atoms with Crippen LogP contribution in [0.3, 0.4) is 0 Å². The summed E-state index contributed by atoms with van der Waals surface area (Å²) in [4.78, 5) is 38.4. The number of para-hydroxylation sites is 1. The third-order valence-electron chi connectivity index (χ3n) is 4.36. The van der Waals surface area contributed by atoms with Crippen LogP contribution in [-0.2, 0) is 11.8 Å². The Morgan fingerprint density at radius 2 is 1.82 bits per heavy atom. The molecule has 7 nitrogen and oxygen atoms in total. The van der Waals surface area contributed by atoms with Gasteiger partial charge in [-0.05, 0) is 30.3 Å². The van der Waals surface area contributed by atoms with Crippen molar-refractivity contribution in [2.45, 2.75) is 4.90 Å². The summed E-state index contributed by atoms with van der Waals surface area (Å²) in [5.74, 6) is -2.14. The Hall–Kier alpha value is -3.26. The van der Waals surface area contributed by atoms with Crippen LogP contribution in [0.4, 0.5) is 5.69 Å². The van der Waals surface area contributed by atoms with Crippen molar-refractivity contribution in [3.63, 3.8) is 0 Å². The van der Waals surface area contributed by atoms with E-state index in [2.05, 4.69) is 0 Å². The largest absolute Gasteiger partial charge is 0.506 e. The van der Waals surface area contributed by atoms with Gasteiger partial charge >= 0.3 is 5.97 Å². The Morgan fingerprint density at radius 1 is 1.14 bits per heavy atom. The molecule has 0 aliphatic heterocycles. The lowest BCUT2D eigenvalue weighted by Crippen LogP contribution is -2.34. The van der Waals surface area contributed by atoms with Crippen LogP contribution in [0.5, 0.6) is 5.75 Å². The fourth-order valence-corrected chi connectivity index (χ4v) is 3.53. The summed E-state index contributed by atoms with van der Waals surface area (Å²) < 4.78 is 1.30. The summed E-state index contributed by atoms with van der Waals surface area (Å²) in [5, 5.41) is 19.9. The number of carbonyl (C=O) groups is 2. The number of benzene rings is 2. The molecule has 2 N–H and O–H groups in total. The van der Waals surface area contributed by atoms with Crippen molar-refractivity contribution in [2.75, 3.05) is 17.7 Å². The number of nitrogens with zero attached hydrogens (tertiary/aromatic N) is 2. The zero-order valence-electron chi connectivity index (χ0n) is 15.2. The first kappa shape index (κ1) is 19.5. The quantitative estimate of drug-likeness (QED) is 0.641. The predicted molar refractivity (Wildman–Crippen MR) is 108 cm³/mol. The van der Waals surface area contributed by atoms with E-state index in [1.165, 1.54) is 23.6 Å². The van der Waals surface area contributed by atoms with Crippen molar-refractivity contribution in [3.8, 4) is 5.75 Å². The highest BCUT2D eigenvalue weighted by Crippen LogP contribution is 2.31. The molecule has 0 spiro atoms. The summed E-state index contributed by atoms with van der Waals surface area (Å²) >= 11 is 1.09. The first-order valence-corrected chi connectivity index (χ1v) is 9.33. The maximum Gasteiger partial charge on any atom is 0.313 e. The van der Waals surface area contributed by atoms with E-state index in [1.54, 1.807) is 42.5 Å². The van der Waals surface area contributed by atoms with Gasteiger partial charge in [-0.3, -0.25) is 14.4 Å². The molecular weight excluding hydrogens is 380 g/mol. The van der Waals surface area contributed by atoms with Gasteiger partial charge in [-0.2, -0.15) is 0 Å². The van der Waals surface area contributed by atoms with Gasteiger partial charge < -0.3 is 19.7 Å². The number of hydrogen-bond acceptors (Lipinski definition) is 5. The molecule has 1 aromatic heterocycles. The molecular formula is C20H18N2O5S. The summed E-state index contributed by atoms with van der Waals surface area (Å²) in [5.41, 5.74) is 0.0892. The summed E-state index contributed by atoms with van der Waals surface area (Å²) in [6.45, 7) is 0. The molecule has 0 atom stereocenters. The molecule has 0 fully saturated rings. The van der Waals surface area contributed by atoms with Gasteiger partial charge in [-0.1, -0.05) is 18.2 Å². The highest BCUT2D eigenvalue weighted by atomic mass is 32.2. The highest BCUT2D eigenvalue weighted by molar-refractivity contribution is 8.00. The molecule has 0 saturated heterocycles. The van der Waals surface area contributed by atoms with E-state index in [1.807, 2.05) is 6.07 Å². The molecule has 2 aromatic carbocycles. The number of carboxylic acid groups (broad SMARTS) is 1.